The van der Waals surface area contributed by atoms with Crippen molar-refractivity contribution in [3.05, 3.63) is 15.0 Å². The van der Waals surface area contributed by atoms with Crippen LogP contribution >= 0.6 is 27.3 Å². The Morgan fingerprint density at radius 2 is 2.22 bits per heavy atom. The molecule has 2 heterocycles. The van der Waals surface area contributed by atoms with Crippen LogP contribution in [0.4, 0.5) is 4.79 Å². The molecule has 0 aromatic carbocycles. The van der Waals surface area contributed by atoms with Crippen LogP contribution in [0.1, 0.15) is 38.6 Å². The smallest absolute Gasteiger partial charge is 0.408 e. The number of aromatic nitrogens is 1. The van der Waals surface area contributed by atoms with E-state index < -0.39 is 35.7 Å². The number of hydrogen-bond donors (Lipinski definition) is 3. The molecule has 0 saturated carbocycles. The normalized spacial score (nSPS) is 18.7. The van der Waals surface area contributed by atoms with Crippen LogP contribution < -0.4 is 10.7 Å². The van der Waals surface area contributed by atoms with Gasteiger partial charge < -0.3 is 15.2 Å². The van der Waals surface area contributed by atoms with Gasteiger partial charge in [0.2, 0.25) is 0 Å². The highest BCUT2D eigenvalue weighted by atomic mass is 79.9. The summed E-state index contributed by atoms with van der Waals surface area (Å²) in [6.45, 7) is 5.54. The molecule has 2 atom stereocenters. The maximum atomic E-state index is 12.9. The predicted octanol–water partition coefficient (Wildman–Crippen LogP) is 1.92. The number of thiazole rings is 1. The van der Waals surface area contributed by atoms with Crippen molar-refractivity contribution in [3.8, 4) is 0 Å². The van der Waals surface area contributed by atoms with Crippen molar-refractivity contribution >= 4 is 45.2 Å². The summed E-state index contributed by atoms with van der Waals surface area (Å²) in [5.41, 5.74) is 2.00. The number of nitrogens with zero attached hydrogens (tertiary/aromatic N) is 2. The Balaban J connectivity index is 2.13. The number of nitrogens with one attached hydrogen (secondary N) is 2. The number of hydrazine groups is 1. The molecular weight excluding hydrogens is 440 g/mol. The number of carbonyl (C=O) groups is 3. The van der Waals surface area contributed by atoms with E-state index in [0.717, 1.165) is 0 Å². The monoisotopic (exact) mass is 462 g/mol. The van der Waals surface area contributed by atoms with Crippen LogP contribution in [0.5, 0.6) is 0 Å². The van der Waals surface area contributed by atoms with Crippen LogP contribution in [0, 0.1) is 0 Å². The van der Waals surface area contributed by atoms with Crippen molar-refractivity contribution in [1.82, 2.24) is 20.7 Å². The Labute approximate surface area is 169 Å². The van der Waals surface area contributed by atoms with Crippen molar-refractivity contribution in [3.63, 3.8) is 0 Å². The Hall–Kier alpha value is -1.72. The lowest BCUT2D eigenvalue weighted by atomic mass is 10.1. The molecule has 1 aromatic heterocycles. The largest absolute Gasteiger partial charge is 0.480 e. The van der Waals surface area contributed by atoms with Gasteiger partial charge in [-0.1, -0.05) is 0 Å². The molecule has 1 aliphatic rings. The number of carbonyl (C=O) groups excluding carboxylic acids is 2. The van der Waals surface area contributed by atoms with Crippen LogP contribution in [-0.4, -0.2) is 57.3 Å². The molecule has 1 fully saturated rings. The van der Waals surface area contributed by atoms with Gasteiger partial charge in [0.25, 0.3) is 5.91 Å². The van der Waals surface area contributed by atoms with E-state index in [0.29, 0.717) is 29.0 Å². The third kappa shape index (κ3) is 6.74. The fourth-order valence-electron chi connectivity index (χ4n) is 2.52. The van der Waals surface area contributed by atoms with Gasteiger partial charge in [0.05, 0.1) is 5.01 Å². The molecule has 2 rings (SSSR count). The zero-order valence-corrected chi connectivity index (χ0v) is 17.7. The van der Waals surface area contributed by atoms with E-state index in [-0.39, 0.29) is 6.42 Å². The first-order chi connectivity index (χ1) is 12.5. The highest BCUT2D eigenvalue weighted by Crippen LogP contribution is 2.18. The third-order valence-corrected chi connectivity index (χ3v) is 5.22. The molecule has 2 amide bonds. The summed E-state index contributed by atoms with van der Waals surface area (Å²) >= 11 is 4.62. The fraction of sp³-hybridized carbons (Fsp3) is 0.625. The molecule has 1 aromatic rings. The van der Waals surface area contributed by atoms with E-state index in [9.17, 15) is 19.5 Å². The molecule has 150 valence electrons. The summed E-state index contributed by atoms with van der Waals surface area (Å²) in [7, 11) is 0. The van der Waals surface area contributed by atoms with Gasteiger partial charge in [-0.25, -0.2) is 15.2 Å². The zero-order chi connectivity index (χ0) is 20.2. The molecule has 2 unspecified atom stereocenters. The van der Waals surface area contributed by atoms with Gasteiger partial charge in [-0.05, 0) is 49.5 Å². The van der Waals surface area contributed by atoms with Crippen molar-refractivity contribution in [2.45, 2.75) is 57.7 Å². The van der Waals surface area contributed by atoms with E-state index >= 15 is 0 Å². The summed E-state index contributed by atoms with van der Waals surface area (Å²) in [6, 6.07) is -1.77. The zero-order valence-electron chi connectivity index (χ0n) is 15.3. The predicted molar refractivity (Wildman–Crippen MR) is 102 cm³/mol. The second-order valence-electron chi connectivity index (χ2n) is 7.12. The Bertz CT molecular complexity index is 705. The molecule has 27 heavy (non-hydrogen) atoms. The van der Waals surface area contributed by atoms with E-state index in [4.69, 9.17) is 4.74 Å². The average Bonchev–Trinajstić information content (AvgIpc) is 2.97. The molecule has 3 N–H and O–H groups in total. The van der Waals surface area contributed by atoms with Gasteiger partial charge >= 0.3 is 12.1 Å². The number of hydrogen-bond acceptors (Lipinski definition) is 7. The molecule has 0 spiro atoms. The van der Waals surface area contributed by atoms with Gasteiger partial charge in [0, 0.05) is 18.3 Å². The maximum absolute atomic E-state index is 12.9. The third-order valence-electron chi connectivity index (χ3n) is 3.64. The van der Waals surface area contributed by atoms with Gasteiger partial charge in [-0.2, -0.15) is 0 Å². The molecule has 0 bridgehead atoms. The van der Waals surface area contributed by atoms with Crippen LogP contribution in [0.2, 0.25) is 0 Å². The summed E-state index contributed by atoms with van der Waals surface area (Å²) in [5, 5.41) is 15.5. The highest BCUT2D eigenvalue weighted by molar-refractivity contribution is 9.10. The molecule has 9 nitrogen and oxygen atoms in total. The molecule has 11 heteroatoms. The number of halogens is 1. The Morgan fingerprint density at radius 1 is 1.52 bits per heavy atom. The first-order valence-electron chi connectivity index (χ1n) is 8.45. The standard InChI is InChI=1S/C16H23BrN4O5S/c1-16(2,3)26-15(25)18-10(7-12-19-11(17)8-27-12)13(22)21-6-4-5-9(20-21)14(23)24/h8-10,20H,4-7H2,1-3H3,(H,18,25)(H,23,24). The topological polar surface area (TPSA) is 121 Å². The molecule has 0 radical (unpaired) electrons. The first-order valence-corrected chi connectivity index (χ1v) is 10.1. The lowest BCUT2D eigenvalue weighted by Gasteiger charge is -2.34. The second-order valence-corrected chi connectivity index (χ2v) is 8.87. The number of rotatable bonds is 5. The number of aliphatic carboxylic acids is 1. The number of alkyl carbamates (subject to hydrolysis) is 1. The highest BCUT2D eigenvalue weighted by Gasteiger charge is 2.33. The molecular formula is C16H23BrN4O5S. The number of carboxylic acids is 1. The van der Waals surface area contributed by atoms with Crippen molar-refractivity contribution in [1.29, 1.82) is 0 Å². The van der Waals surface area contributed by atoms with Gasteiger partial charge in [-0.3, -0.25) is 14.6 Å². The minimum atomic E-state index is -1.02. The van der Waals surface area contributed by atoms with Gasteiger partial charge in [0.1, 0.15) is 22.3 Å². The minimum absolute atomic E-state index is 0.171. The Kier molecular flexibility index (Phi) is 7.18. The van der Waals surface area contributed by atoms with Crippen LogP contribution in [-0.2, 0) is 20.7 Å². The quantitative estimate of drug-likeness (QED) is 0.610. The van der Waals surface area contributed by atoms with Crippen molar-refractivity contribution in [2.75, 3.05) is 6.54 Å². The molecule has 0 aliphatic carbocycles. The number of amides is 2. The molecule has 1 saturated heterocycles. The Morgan fingerprint density at radius 3 is 2.78 bits per heavy atom. The van der Waals surface area contributed by atoms with Gasteiger partial charge in [-0.15, -0.1) is 11.3 Å². The lowest BCUT2D eigenvalue weighted by molar-refractivity contribution is -0.147. The van der Waals surface area contributed by atoms with E-state index in [2.05, 4.69) is 31.7 Å². The summed E-state index contributed by atoms with van der Waals surface area (Å²) < 4.78 is 5.89. The fourth-order valence-corrected chi connectivity index (χ4v) is 3.83. The lowest BCUT2D eigenvalue weighted by Crippen LogP contribution is -2.60. The maximum Gasteiger partial charge on any atom is 0.408 e. The minimum Gasteiger partial charge on any atom is -0.480 e. The van der Waals surface area contributed by atoms with Gasteiger partial charge in [0.15, 0.2) is 0 Å². The van der Waals surface area contributed by atoms with Crippen LogP contribution in [0.3, 0.4) is 0 Å². The van der Waals surface area contributed by atoms with Crippen LogP contribution in [0.25, 0.3) is 0 Å². The van der Waals surface area contributed by atoms with E-state index in [1.54, 1.807) is 26.2 Å². The van der Waals surface area contributed by atoms with E-state index in [1.807, 2.05) is 0 Å². The first kappa shape index (κ1) is 21.6. The second kappa shape index (κ2) is 8.98. The van der Waals surface area contributed by atoms with Crippen LogP contribution in [0.15, 0.2) is 9.98 Å². The SMILES string of the molecule is CC(C)(C)OC(=O)NC(Cc1nc(Br)cs1)C(=O)N1CCCC(C(=O)O)N1. The van der Waals surface area contributed by atoms with Crippen molar-refractivity contribution < 1.29 is 24.2 Å². The number of carboxylic acid groups (broad SMARTS) is 1. The summed E-state index contributed by atoms with van der Waals surface area (Å²) in [5.74, 6) is -1.45. The summed E-state index contributed by atoms with van der Waals surface area (Å²) in [6.07, 6.45) is 0.438. The molecule has 1 aliphatic heterocycles. The average molecular weight is 463 g/mol. The van der Waals surface area contributed by atoms with Crippen molar-refractivity contribution in [2.24, 2.45) is 0 Å². The summed E-state index contributed by atoms with van der Waals surface area (Å²) in [4.78, 5) is 40.6. The van der Waals surface area contributed by atoms with E-state index in [1.165, 1.54) is 16.3 Å². The number of ether oxygens (including phenoxy) is 1.